The summed E-state index contributed by atoms with van der Waals surface area (Å²) in [6, 6.07) is 4.58. The highest BCUT2D eigenvalue weighted by molar-refractivity contribution is 7.89. The van der Waals surface area contributed by atoms with Gasteiger partial charge in [0.15, 0.2) is 5.52 Å². The molecule has 0 bridgehead atoms. The highest BCUT2D eigenvalue weighted by Gasteiger charge is 2.27. The third kappa shape index (κ3) is 5.93. The number of ether oxygens (including phenoxy) is 1. The molecule has 11 nitrogen and oxygen atoms in total. The lowest BCUT2D eigenvalue weighted by atomic mass is 10.1. The van der Waals surface area contributed by atoms with Crippen LogP contribution in [-0.4, -0.2) is 88.4 Å². The van der Waals surface area contributed by atoms with Crippen LogP contribution < -0.4 is 10.3 Å². The van der Waals surface area contributed by atoms with Crippen LogP contribution in [0.25, 0.3) is 22.4 Å². The van der Waals surface area contributed by atoms with Gasteiger partial charge < -0.3 is 19.7 Å². The molecule has 3 heterocycles. The van der Waals surface area contributed by atoms with Gasteiger partial charge in [0, 0.05) is 26.7 Å². The SMILES string of the molecule is CCCc1nn(C)c2c(=O)[nH]c(-c3cc(S(=O)(=O)N(CCO)CCN4CCCCC4)ccc3OCC)nc12. The zero-order chi connectivity index (χ0) is 27.3. The average molecular weight is 547 g/mol. The molecule has 0 radical (unpaired) electrons. The minimum atomic E-state index is -3.94. The van der Waals surface area contributed by atoms with Crippen molar-refractivity contribution in [2.75, 3.05) is 45.9 Å². The van der Waals surface area contributed by atoms with Crippen molar-refractivity contribution in [1.29, 1.82) is 0 Å². The molecule has 0 saturated carbocycles. The fourth-order valence-corrected chi connectivity index (χ4v) is 6.41. The molecule has 1 fully saturated rings. The number of H-pyrrole nitrogens is 1. The van der Waals surface area contributed by atoms with Crippen LogP contribution in [0, 0.1) is 0 Å². The summed E-state index contributed by atoms with van der Waals surface area (Å²) in [6.45, 7) is 6.72. The summed E-state index contributed by atoms with van der Waals surface area (Å²) in [7, 11) is -2.23. The molecule has 38 heavy (non-hydrogen) atoms. The lowest BCUT2D eigenvalue weighted by Gasteiger charge is -2.29. The molecule has 0 spiro atoms. The monoisotopic (exact) mass is 546 g/mol. The number of benzene rings is 1. The van der Waals surface area contributed by atoms with Crippen LogP contribution in [0.4, 0.5) is 0 Å². The van der Waals surface area contributed by atoms with E-state index in [0.29, 0.717) is 47.6 Å². The third-order valence-corrected chi connectivity index (χ3v) is 8.75. The van der Waals surface area contributed by atoms with E-state index in [1.54, 1.807) is 13.1 Å². The molecule has 0 unspecified atom stereocenters. The summed E-state index contributed by atoms with van der Waals surface area (Å²) in [5.74, 6) is 0.632. The number of aliphatic hydroxyl groups is 1. The molecule has 1 saturated heterocycles. The van der Waals surface area contributed by atoms with E-state index in [1.807, 2.05) is 13.8 Å². The Morgan fingerprint density at radius 2 is 1.92 bits per heavy atom. The molecule has 3 aromatic rings. The van der Waals surface area contributed by atoms with Crippen molar-refractivity contribution in [2.45, 2.75) is 50.8 Å². The van der Waals surface area contributed by atoms with E-state index in [4.69, 9.17) is 9.72 Å². The number of hydrogen-bond donors (Lipinski definition) is 2. The summed E-state index contributed by atoms with van der Waals surface area (Å²) < 4.78 is 36.1. The molecule has 1 aliphatic rings. The number of rotatable bonds is 12. The number of aliphatic hydroxyl groups excluding tert-OH is 1. The second kappa shape index (κ2) is 12.4. The van der Waals surface area contributed by atoms with Crippen LogP contribution >= 0.6 is 0 Å². The summed E-state index contributed by atoms with van der Waals surface area (Å²) in [4.78, 5) is 22.9. The van der Waals surface area contributed by atoms with Gasteiger partial charge in [0.05, 0.1) is 29.4 Å². The third-order valence-electron chi connectivity index (χ3n) is 6.86. The quantitative estimate of drug-likeness (QED) is 0.353. The molecule has 0 amide bonds. The first-order chi connectivity index (χ1) is 18.3. The molecule has 4 rings (SSSR count). The first kappa shape index (κ1) is 28.2. The standard InChI is InChI=1S/C26H38N6O5S/c1-4-9-21-23-24(30(3)29-21)26(34)28-25(27-23)20-18-19(10-11-22(20)37-5-2)38(35,36)32(16-17-33)15-14-31-12-7-6-8-13-31/h10-11,18,33H,4-9,12-17H2,1-3H3,(H,27,28,34). The van der Waals surface area contributed by atoms with E-state index in [1.165, 1.54) is 27.5 Å². The number of sulfonamides is 1. The predicted octanol–water partition coefficient (Wildman–Crippen LogP) is 2.14. The van der Waals surface area contributed by atoms with Gasteiger partial charge in [0.1, 0.15) is 17.1 Å². The number of piperidine rings is 1. The topological polar surface area (TPSA) is 134 Å². The Bertz CT molecular complexity index is 1410. The van der Waals surface area contributed by atoms with Gasteiger partial charge in [0.25, 0.3) is 5.56 Å². The van der Waals surface area contributed by atoms with Gasteiger partial charge in [-0.1, -0.05) is 19.8 Å². The number of aryl methyl sites for hydroxylation is 2. The van der Waals surface area contributed by atoms with Gasteiger partial charge in [-0.3, -0.25) is 9.48 Å². The molecule has 208 valence electrons. The van der Waals surface area contributed by atoms with Crippen LogP contribution in [0.2, 0.25) is 0 Å². The van der Waals surface area contributed by atoms with E-state index in [0.717, 1.165) is 32.4 Å². The van der Waals surface area contributed by atoms with Crippen molar-refractivity contribution < 1.29 is 18.3 Å². The van der Waals surface area contributed by atoms with Crippen molar-refractivity contribution in [3.8, 4) is 17.1 Å². The molecule has 0 atom stereocenters. The van der Waals surface area contributed by atoms with Crippen LogP contribution in [0.5, 0.6) is 5.75 Å². The Morgan fingerprint density at radius 1 is 1.16 bits per heavy atom. The van der Waals surface area contributed by atoms with Crippen molar-refractivity contribution >= 4 is 21.1 Å². The predicted molar refractivity (Wildman–Crippen MR) is 146 cm³/mol. The number of likely N-dealkylation sites (tertiary alicyclic amines) is 1. The molecule has 12 heteroatoms. The van der Waals surface area contributed by atoms with Gasteiger partial charge in [-0.2, -0.15) is 9.40 Å². The van der Waals surface area contributed by atoms with Gasteiger partial charge in [-0.25, -0.2) is 13.4 Å². The Hall–Kier alpha value is -2.80. The average Bonchev–Trinajstić information content (AvgIpc) is 3.22. The van der Waals surface area contributed by atoms with E-state index in [2.05, 4.69) is 15.0 Å². The first-order valence-electron chi connectivity index (χ1n) is 13.4. The van der Waals surface area contributed by atoms with E-state index in [-0.39, 0.29) is 36.0 Å². The second-order valence-corrected chi connectivity index (χ2v) is 11.5. The molecule has 2 N–H and O–H groups in total. The Kier molecular flexibility index (Phi) is 9.19. The number of nitrogens with zero attached hydrogens (tertiary/aromatic N) is 5. The number of nitrogens with one attached hydrogen (secondary N) is 1. The molecule has 0 aliphatic carbocycles. The van der Waals surface area contributed by atoms with Crippen molar-refractivity contribution in [3.05, 3.63) is 34.2 Å². The van der Waals surface area contributed by atoms with Crippen molar-refractivity contribution in [2.24, 2.45) is 7.05 Å². The largest absolute Gasteiger partial charge is 0.493 e. The van der Waals surface area contributed by atoms with Crippen LogP contribution in [0.1, 0.15) is 45.2 Å². The molecular weight excluding hydrogens is 508 g/mol. The number of aromatic nitrogens is 4. The van der Waals surface area contributed by atoms with Gasteiger partial charge in [0.2, 0.25) is 10.0 Å². The van der Waals surface area contributed by atoms with Crippen LogP contribution in [-0.2, 0) is 23.5 Å². The normalized spacial score (nSPS) is 15.0. The summed E-state index contributed by atoms with van der Waals surface area (Å²) in [6.07, 6.45) is 4.92. The van der Waals surface area contributed by atoms with Crippen LogP contribution in [0.3, 0.4) is 0 Å². The molecular formula is C26H38N6O5S. The minimum Gasteiger partial charge on any atom is -0.493 e. The fourth-order valence-electron chi connectivity index (χ4n) is 4.96. The summed E-state index contributed by atoms with van der Waals surface area (Å²) >= 11 is 0. The lowest BCUT2D eigenvalue weighted by molar-refractivity contribution is 0.199. The molecule has 1 aliphatic heterocycles. The number of aromatic amines is 1. The molecule has 2 aromatic heterocycles. The van der Waals surface area contributed by atoms with Gasteiger partial charge in [-0.05, 0) is 57.5 Å². The lowest BCUT2D eigenvalue weighted by Crippen LogP contribution is -2.41. The van der Waals surface area contributed by atoms with Crippen molar-refractivity contribution in [1.82, 2.24) is 29.0 Å². The second-order valence-electron chi connectivity index (χ2n) is 9.55. The maximum Gasteiger partial charge on any atom is 0.277 e. The minimum absolute atomic E-state index is 0.00414. The summed E-state index contributed by atoms with van der Waals surface area (Å²) in [5.41, 5.74) is 1.59. The van der Waals surface area contributed by atoms with E-state index >= 15 is 0 Å². The zero-order valence-corrected chi connectivity index (χ0v) is 23.3. The maximum atomic E-state index is 13.7. The van der Waals surface area contributed by atoms with Gasteiger partial charge in [-0.15, -0.1) is 0 Å². The Morgan fingerprint density at radius 3 is 2.61 bits per heavy atom. The smallest absolute Gasteiger partial charge is 0.277 e. The van der Waals surface area contributed by atoms with E-state index in [9.17, 15) is 18.3 Å². The number of hydrogen-bond acceptors (Lipinski definition) is 8. The molecule has 1 aromatic carbocycles. The highest BCUT2D eigenvalue weighted by Crippen LogP contribution is 2.32. The summed E-state index contributed by atoms with van der Waals surface area (Å²) in [5, 5.41) is 14.1. The Balaban J connectivity index is 1.75. The van der Waals surface area contributed by atoms with E-state index < -0.39 is 10.0 Å². The Labute approximate surface area is 223 Å². The van der Waals surface area contributed by atoms with Crippen LogP contribution in [0.15, 0.2) is 27.9 Å². The maximum absolute atomic E-state index is 13.7. The first-order valence-corrected chi connectivity index (χ1v) is 14.8. The van der Waals surface area contributed by atoms with Crippen molar-refractivity contribution in [3.63, 3.8) is 0 Å². The van der Waals surface area contributed by atoms with Gasteiger partial charge >= 0.3 is 0 Å². The number of fused-ring (bicyclic) bond motifs is 1. The fraction of sp³-hybridized carbons (Fsp3) is 0.577. The zero-order valence-electron chi connectivity index (χ0n) is 22.4. The highest BCUT2D eigenvalue weighted by atomic mass is 32.2.